The first kappa shape index (κ1) is 11.5. The van der Waals surface area contributed by atoms with Gasteiger partial charge < -0.3 is 5.11 Å². The van der Waals surface area contributed by atoms with Crippen molar-refractivity contribution in [3.8, 4) is 0 Å². The van der Waals surface area contributed by atoms with Crippen molar-refractivity contribution in [1.29, 1.82) is 0 Å². The molecule has 3 heterocycles. The van der Waals surface area contributed by atoms with Gasteiger partial charge in [0.2, 0.25) is 0 Å². The summed E-state index contributed by atoms with van der Waals surface area (Å²) in [4.78, 5) is 15.6. The van der Waals surface area contributed by atoms with E-state index in [1.165, 1.54) is 17.4 Å². The van der Waals surface area contributed by atoms with Crippen molar-refractivity contribution in [2.24, 2.45) is 0 Å². The largest absolute Gasteiger partial charge is 0.477 e. The van der Waals surface area contributed by atoms with E-state index in [4.69, 9.17) is 5.11 Å². The first-order valence-electron chi connectivity index (χ1n) is 5.96. The summed E-state index contributed by atoms with van der Waals surface area (Å²) in [5.74, 6) is 0.910. The summed E-state index contributed by atoms with van der Waals surface area (Å²) in [7, 11) is 0. The molecule has 1 saturated heterocycles. The van der Waals surface area contributed by atoms with E-state index in [1.54, 1.807) is 18.2 Å². The number of aromatic nitrogens is 3. The monoisotopic (exact) mass is 263 g/mol. The highest BCUT2D eigenvalue weighted by molar-refractivity contribution is 7.99. The van der Waals surface area contributed by atoms with E-state index in [2.05, 4.69) is 10.1 Å². The average Bonchev–Trinajstić information content (AvgIpc) is 2.83. The minimum Gasteiger partial charge on any atom is -0.477 e. The minimum absolute atomic E-state index is 0.159. The van der Waals surface area contributed by atoms with Gasteiger partial charge in [-0.15, -0.1) is 5.10 Å². The van der Waals surface area contributed by atoms with Gasteiger partial charge >= 0.3 is 5.97 Å². The Morgan fingerprint density at radius 2 is 2.33 bits per heavy atom. The zero-order chi connectivity index (χ0) is 12.5. The maximum Gasteiger partial charge on any atom is 0.354 e. The Kier molecular flexibility index (Phi) is 2.95. The smallest absolute Gasteiger partial charge is 0.354 e. The van der Waals surface area contributed by atoms with Crippen molar-refractivity contribution in [3.63, 3.8) is 0 Å². The second-order valence-electron chi connectivity index (χ2n) is 4.31. The lowest BCUT2D eigenvalue weighted by Crippen LogP contribution is -2.07. The van der Waals surface area contributed by atoms with E-state index in [0.29, 0.717) is 10.9 Å². The van der Waals surface area contributed by atoms with Gasteiger partial charge in [0.15, 0.2) is 17.2 Å². The second-order valence-corrected chi connectivity index (χ2v) is 5.62. The van der Waals surface area contributed by atoms with Crippen LogP contribution in [0.1, 0.15) is 40.8 Å². The summed E-state index contributed by atoms with van der Waals surface area (Å²) >= 11 is 1.86. The fourth-order valence-electron chi connectivity index (χ4n) is 2.16. The first-order valence-corrected chi connectivity index (χ1v) is 7.01. The van der Waals surface area contributed by atoms with Gasteiger partial charge in [-0.05, 0) is 30.7 Å². The standard InChI is InChI=1S/C12H13N3O2S/c16-12(17)8-4-3-6-10-13-11(14-15(8)10)9-5-1-2-7-18-9/h3-4,6,9H,1-2,5,7H2,(H,16,17). The summed E-state index contributed by atoms with van der Waals surface area (Å²) in [5, 5.41) is 13.8. The van der Waals surface area contributed by atoms with Crippen LogP contribution in [0.3, 0.4) is 0 Å². The van der Waals surface area contributed by atoms with Gasteiger partial charge in [-0.3, -0.25) is 0 Å². The van der Waals surface area contributed by atoms with E-state index in [0.717, 1.165) is 18.0 Å². The van der Waals surface area contributed by atoms with Crippen LogP contribution in [0.15, 0.2) is 18.2 Å². The number of aromatic carboxylic acids is 1. The molecule has 1 fully saturated rings. The fraction of sp³-hybridized carbons (Fsp3) is 0.417. The number of carboxylic acids is 1. The highest BCUT2D eigenvalue weighted by atomic mass is 32.2. The van der Waals surface area contributed by atoms with Crippen LogP contribution in [-0.2, 0) is 0 Å². The molecular weight excluding hydrogens is 250 g/mol. The molecule has 0 bridgehead atoms. The molecule has 18 heavy (non-hydrogen) atoms. The third-order valence-corrected chi connectivity index (χ3v) is 4.44. The summed E-state index contributed by atoms with van der Waals surface area (Å²) in [6.07, 6.45) is 3.51. The van der Waals surface area contributed by atoms with Crippen molar-refractivity contribution < 1.29 is 9.90 Å². The molecule has 2 aromatic rings. The molecule has 1 N–H and O–H groups in total. The lowest BCUT2D eigenvalue weighted by atomic mass is 10.2. The SMILES string of the molecule is O=C(O)c1cccc2nc(C3CCCCS3)nn12. The number of fused-ring (bicyclic) bond motifs is 1. The predicted molar refractivity (Wildman–Crippen MR) is 69.0 cm³/mol. The van der Waals surface area contributed by atoms with E-state index in [9.17, 15) is 4.79 Å². The van der Waals surface area contributed by atoms with Gasteiger partial charge in [-0.2, -0.15) is 11.8 Å². The van der Waals surface area contributed by atoms with E-state index in [1.807, 2.05) is 11.8 Å². The molecule has 0 aliphatic carbocycles. The molecular formula is C12H13N3O2S. The lowest BCUT2D eigenvalue weighted by Gasteiger charge is -2.17. The second kappa shape index (κ2) is 4.61. The van der Waals surface area contributed by atoms with Crippen LogP contribution in [-0.4, -0.2) is 31.4 Å². The highest BCUT2D eigenvalue weighted by Crippen LogP contribution is 2.36. The van der Waals surface area contributed by atoms with Crippen LogP contribution in [0, 0.1) is 0 Å². The molecule has 6 heteroatoms. The summed E-state index contributed by atoms with van der Waals surface area (Å²) in [6, 6.07) is 5.03. The van der Waals surface area contributed by atoms with Crippen molar-refractivity contribution >= 4 is 23.4 Å². The number of nitrogens with zero attached hydrogens (tertiary/aromatic N) is 3. The van der Waals surface area contributed by atoms with Crippen LogP contribution in [0.5, 0.6) is 0 Å². The minimum atomic E-state index is -0.978. The molecule has 2 aromatic heterocycles. The Balaban J connectivity index is 2.04. The number of carbonyl (C=O) groups is 1. The molecule has 1 unspecified atom stereocenters. The first-order chi connectivity index (χ1) is 8.75. The molecule has 0 radical (unpaired) electrons. The van der Waals surface area contributed by atoms with Gasteiger partial charge in [0.25, 0.3) is 0 Å². The van der Waals surface area contributed by atoms with Crippen LogP contribution in [0.4, 0.5) is 0 Å². The Bertz CT molecular complexity index is 590. The number of pyridine rings is 1. The van der Waals surface area contributed by atoms with Gasteiger partial charge in [0.1, 0.15) is 0 Å². The van der Waals surface area contributed by atoms with Gasteiger partial charge in [-0.1, -0.05) is 12.5 Å². The predicted octanol–water partition coefficient (Wildman–Crippen LogP) is 2.39. The molecule has 94 valence electrons. The van der Waals surface area contributed by atoms with Crippen LogP contribution in [0.25, 0.3) is 5.65 Å². The molecule has 5 nitrogen and oxygen atoms in total. The summed E-state index contributed by atoms with van der Waals surface area (Å²) < 4.78 is 1.42. The number of rotatable bonds is 2. The topological polar surface area (TPSA) is 67.5 Å². The fourth-order valence-corrected chi connectivity index (χ4v) is 3.40. The van der Waals surface area contributed by atoms with Gasteiger partial charge in [0.05, 0.1) is 5.25 Å². The van der Waals surface area contributed by atoms with Crippen molar-refractivity contribution in [3.05, 3.63) is 29.7 Å². The lowest BCUT2D eigenvalue weighted by molar-refractivity contribution is 0.0687. The van der Waals surface area contributed by atoms with Gasteiger partial charge in [-0.25, -0.2) is 14.3 Å². The Morgan fingerprint density at radius 3 is 3.06 bits per heavy atom. The third kappa shape index (κ3) is 1.96. The molecule has 0 amide bonds. The van der Waals surface area contributed by atoms with Crippen molar-refractivity contribution in [2.75, 3.05) is 5.75 Å². The third-order valence-electron chi connectivity index (χ3n) is 3.06. The van der Waals surface area contributed by atoms with Gasteiger partial charge in [0, 0.05) is 0 Å². The van der Waals surface area contributed by atoms with Crippen LogP contribution in [0.2, 0.25) is 0 Å². The quantitative estimate of drug-likeness (QED) is 0.901. The number of hydrogen-bond acceptors (Lipinski definition) is 4. The van der Waals surface area contributed by atoms with Crippen LogP contribution >= 0.6 is 11.8 Å². The summed E-state index contributed by atoms with van der Waals surface area (Å²) in [6.45, 7) is 0. The van der Waals surface area contributed by atoms with E-state index < -0.39 is 5.97 Å². The molecule has 1 aliphatic rings. The Morgan fingerprint density at radius 1 is 1.44 bits per heavy atom. The zero-order valence-corrected chi connectivity index (χ0v) is 10.6. The maximum atomic E-state index is 11.1. The van der Waals surface area contributed by atoms with Crippen LogP contribution < -0.4 is 0 Å². The van der Waals surface area contributed by atoms with Crippen molar-refractivity contribution in [1.82, 2.24) is 14.6 Å². The normalized spacial score (nSPS) is 20.1. The molecule has 3 rings (SSSR count). The molecule has 0 aromatic carbocycles. The Labute approximate surface area is 108 Å². The zero-order valence-electron chi connectivity index (χ0n) is 9.74. The number of thioether (sulfide) groups is 1. The van der Waals surface area contributed by atoms with E-state index >= 15 is 0 Å². The average molecular weight is 263 g/mol. The maximum absolute atomic E-state index is 11.1. The summed E-state index contributed by atoms with van der Waals surface area (Å²) in [5.41, 5.74) is 0.767. The molecule has 1 aliphatic heterocycles. The van der Waals surface area contributed by atoms with E-state index in [-0.39, 0.29) is 5.69 Å². The Hall–Kier alpha value is -1.56. The van der Waals surface area contributed by atoms with Crippen molar-refractivity contribution in [2.45, 2.75) is 24.5 Å². The molecule has 1 atom stereocenters. The number of hydrogen-bond donors (Lipinski definition) is 1. The number of carboxylic acid groups (broad SMARTS) is 1. The molecule has 0 spiro atoms. The highest BCUT2D eigenvalue weighted by Gasteiger charge is 2.21. The molecule has 0 saturated carbocycles.